The van der Waals surface area contributed by atoms with E-state index in [1.807, 2.05) is 55.5 Å². The molecule has 4 nitrogen and oxygen atoms in total. The summed E-state index contributed by atoms with van der Waals surface area (Å²) in [5.41, 5.74) is -0.750. The maximum atomic E-state index is 10.4. The molecule has 0 fully saturated rings. The number of allylic oxidation sites excluding steroid dienone is 6. The summed E-state index contributed by atoms with van der Waals surface area (Å²) in [6, 6.07) is 0. The number of carboxylic acid groups (broad SMARTS) is 1. The topological polar surface area (TPSA) is 77.8 Å². The van der Waals surface area contributed by atoms with Crippen LogP contribution in [0.3, 0.4) is 0 Å². The molecule has 0 amide bonds. The minimum atomic E-state index is -0.825. The summed E-state index contributed by atoms with van der Waals surface area (Å²) in [6.45, 7) is 3.97. The molecule has 0 unspecified atom stereocenters. The highest BCUT2D eigenvalue weighted by molar-refractivity contribution is 5.66. The van der Waals surface area contributed by atoms with Crippen molar-refractivity contribution in [1.82, 2.24) is 0 Å². The highest BCUT2D eigenvalue weighted by atomic mass is 16.4. The van der Waals surface area contributed by atoms with Crippen molar-refractivity contribution >= 4 is 5.97 Å². The Morgan fingerprint density at radius 1 is 1.04 bits per heavy atom. The lowest BCUT2D eigenvalue weighted by atomic mass is 9.98. The molecule has 4 heteroatoms. The number of unbranched alkanes of at least 4 members (excludes halogenated alkanes) is 2. The van der Waals surface area contributed by atoms with Crippen molar-refractivity contribution in [3.63, 3.8) is 0 Å². The van der Waals surface area contributed by atoms with Crippen molar-refractivity contribution in [2.45, 2.75) is 76.9 Å². The predicted octanol–water partition coefficient (Wildman–Crippen LogP) is 4.55. The van der Waals surface area contributed by atoms with E-state index >= 15 is 0 Å². The standard InChI is InChI=1S/C21H34O4/c1-3-4-11-17-21(2,25)18-12-9-7-5-6-8-10-14-19(22)15-13-16-20(23)24/h5-10,12,18-19,22,25H,3-4,11,13-17H2,1-2H3,(H,23,24)/b6-5+,9-7-,10-8+,18-12+/t19-,21+/m1/s1. The molecule has 0 aliphatic carbocycles. The van der Waals surface area contributed by atoms with Crippen molar-refractivity contribution in [3.8, 4) is 0 Å². The Bertz CT molecular complexity index is 459. The summed E-state index contributed by atoms with van der Waals surface area (Å²) >= 11 is 0. The molecule has 0 aromatic heterocycles. The summed E-state index contributed by atoms with van der Waals surface area (Å²) in [7, 11) is 0. The minimum Gasteiger partial charge on any atom is -0.481 e. The lowest BCUT2D eigenvalue weighted by Gasteiger charge is -2.18. The SMILES string of the molecule is CCCCC[C@](C)(O)/C=C/C=C\C=C\C=C\C[C@@H](O)CCCC(=O)O. The zero-order valence-electron chi connectivity index (χ0n) is 15.6. The number of hydrogen-bond donors (Lipinski definition) is 3. The third-order valence-corrected chi connectivity index (χ3v) is 3.77. The van der Waals surface area contributed by atoms with Crippen molar-refractivity contribution in [1.29, 1.82) is 0 Å². The molecule has 0 rings (SSSR count). The number of aliphatic hydroxyl groups is 2. The minimum absolute atomic E-state index is 0.102. The van der Waals surface area contributed by atoms with Crippen LogP contribution >= 0.6 is 0 Å². The number of hydrogen-bond acceptors (Lipinski definition) is 3. The van der Waals surface area contributed by atoms with Gasteiger partial charge in [0.25, 0.3) is 0 Å². The first kappa shape index (κ1) is 23.4. The van der Waals surface area contributed by atoms with E-state index in [0.717, 1.165) is 25.7 Å². The van der Waals surface area contributed by atoms with Gasteiger partial charge in [-0.05, 0) is 32.6 Å². The van der Waals surface area contributed by atoms with Gasteiger partial charge in [-0.15, -0.1) is 0 Å². The lowest BCUT2D eigenvalue weighted by Crippen LogP contribution is -2.20. The van der Waals surface area contributed by atoms with Gasteiger partial charge in [0, 0.05) is 6.42 Å². The van der Waals surface area contributed by atoms with Crippen LogP contribution in [0.25, 0.3) is 0 Å². The van der Waals surface area contributed by atoms with E-state index in [1.54, 1.807) is 0 Å². The number of aliphatic hydroxyl groups excluding tert-OH is 1. The second kappa shape index (κ2) is 14.7. The van der Waals surface area contributed by atoms with Gasteiger partial charge in [0.05, 0.1) is 11.7 Å². The number of carboxylic acids is 1. The lowest BCUT2D eigenvalue weighted by molar-refractivity contribution is -0.137. The first-order valence-corrected chi connectivity index (χ1v) is 9.17. The quantitative estimate of drug-likeness (QED) is 0.317. The van der Waals surface area contributed by atoms with Gasteiger partial charge < -0.3 is 15.3 Å². The Hall–Kier alpha value is -1.65. The molecule has 0 aliphatic heterocycles. The molecule has 3 N–H and O–H groups in total. The van der Waals surface area contributed by atoms with Crippen LogP contribution in [0.2, 0.25) is 0 Å². The number of carbonyl (C=O) groups is 1. The van der Waals surface area contributed by atoms with Gasteiger partial charge in [-0.3, -0.25) is 4.79 Å². The fraction of sp³-hybridized carbons (Fsp3) is 0.571. The van der Waals surface area contributed by atoms with Gasteiger partial charge in [0.2, 0.25) is 0 Å². The summed E-state index contributed by atoms with van der Waals surface area (Å²) in [5.74, 6) is -0.825. The monoisotopic (exact) mass is 350 g/mol. The van der Waals surface area contributed by atoms with E-state index in [9.17, 15) is 15.0 Å². The van der Waals surface area contributed by atoms with Crippen molar-refractivity contribution in [2.24, 2.45) is 0 Å². The molecule has 0 radical (unpaired) electrons. The molecule has 142 valence electrons. The van der Waals surface area contributed by atoms with Crippen molar-refractivity contribution in [3.05, 3.63) is 48.6 Å². The summed E-state index contributed by atoms with van der Waals surface area (Å²) < 4.78 is 0. The molecule has 0 bridgehead atoms. The average Bonchev–Trinajstić information content (AvgIpc) is 2.53. The zero-order chi connectivity index (χ0) is 19.0. The molecule has 25 heavy (non-hydrogen) atoms. The van der Waals surface area contributed by atoms with Crippen LogP contribution in [0.1, 0.15) is 65.2 Å². The smallest absolute Gasteiger partial charge is 0.303 e. The Balaban J connectivity index is 3.93. The second-order valence-electron chi connectivity index (χ2n) is 6.55. The maximum absolute atomic E-state index is 10.4. The normalized spacial score (nSPS) is 16.3. The van der Waals surface area contributed by atoms with Gasteiger partial charge in [-0.25, -0.2) is 0 Å². The van der Waals surface area contributed by atoms with Crippen molar-refractivity contribution in [2.75, 3.05) is 0 Å². The number of rotatable bonds is 14. The van der Waals surface area contributed by atoms with Crippen LogP contribution in [0.5, 0.6) is 0 Å². The van der Waals surface area contributed by atoms with Crippen LogP contribution in [-0.4, -0.2) is 33.0 Å². The van der Waals surface area contributed by atoms with Crippen LogP contribution < -0.4 is 0 Å². The fourth-order valence-electron chi connectivity index (χ4n) is 2.26. The maximum Gasteiger partial charge on any atom is 0.303 e. The highest BCUT2D eigenvalue weighted by Gasteiger charge is 2.14. The van der Waals surface area contributed by atoms with Gasteiger partial charge in [0.1, 0.15) is 0 Å². The van der Waals surface area contributed by atoms with Gasteiger partial charge in [-0.2, -0.15) is 0 Å². The first-order chi connectivity index (χ1) is 11.9. The van der Waals surface area contributed by atoms with E-state index in [1.165, 1.54) is 0 Å². The molecule has 0 saturated carbocycles. The molecule has 2 atom stereocenters. The van der Waals surface area contributed by atoms with Crippen LogP contribution in [0.4, 0.5) is 0 Å². The van der Waals surface area contributed by atoms with E-state index in [-0.39, 0.29) is 6.42 Å². The summed E-state index contributed by atoms with van der Waals surface area (Å²) in [5, 5.41) is 28.3. The van der Waals surface area contributed by atoms with Crippen LogP contribution in [0.15, 0.2) is 48.6 Å². The first-order valence-electron chi connectivity index (χ1n) is 9.17. The predicted molar refractivity (Wildman–Crippen MR) is 103 cm³/mol. The van der Waals surface area contributed by atoms with Gasteiger partial charge in [-0.1, -0.05) is 74.8 Å². The third-order valence-electron chi connectivity index (χ3n) is 3.77. The Morgan fingerprint density at radius 2 is 1.68 bits per heavy atom. The van der Waals surface area contributed by atoms with Gasteiger partial charge in [0.15, 0.2) is 0 Å². The Morgan fingerprint density at radius 3 is 2.32 bits per heavy atom. The molecule has 0 saturated heterocycles. The van der Waals surface area contributed by atoms with E-state index in [4.69, 9.17) is 5.11 Å². The highest BCUT2D eigenvalue weighted by Crippen LogP contribution is 2.15. The zero-order valence-corrected chi connectivity index (χ0v) is 15.6. The fourth-order valence-corrected chi connectivity index (χ4v) is 2.26. The average molecular weight is 350 g/mol. The molecule has 0 aliphatic rings. The largest absolute Gasteiger partial charge is 0.481 e. The number of aliphatic carboxylic acids is 1. The molecule has 0 aromatic carbocycles. The molecule has 0 aromatic rings. The summed E-state index contributed by atoms with van der Waals surface area (Å²) in [6.07, 6.45) is 20.1. The van der Waals surface area contributed by atoms with Crippen molar-refractivity contribution < 1.29 is 20.1 Å². The Labute approximate surface area is 152 Å². The summed E-state index contributed by atoms with van der Waals surface area (Å²) in [4.78, 5) is 10.4. The third kappa shape index (κ3) is 17.0. The molecule has 0 heterocycles. The van der Waals surface area contributed by atoms with E-state index in [0.29, 0.717) is 19.3 Å². The molecular weight excluding hydrogens is 316 g/mol. The second-order valence-corrected chi connectivity index (χ2v) is 6.55. The molecule has 0 spiro atoms. The van der Waals surface area contributed by atoms with Crippen LogP contribution in [-0.2, 0) is 4.79 Å². The van der Waals surface area contributed by atoms with E-state index in [2.05, 4.69) is 6.92 Å². The Kier molecular flexibility index (Phi) is 13.7. The van der Waals surface area contributed by atoms with Crippen LogP contribution in [0, 0.1) is 0 Å². The van der Waals surface area contributed by atoms with E-state index < -0.39 is 17.7 Å². The molecular formula is C21H34O4. The van der Waals surface area contributed by atoms with Gasteiger partial charge >= 0.3 is 5.97 Å².